The van der Waals surface area contributed by atoms with Gasteiger partial charge in [0.05, 0.1) is 4.92 Å². The van der Waals surface area contributed by atoms with Crippen LogP contribution in [0, 0.1) is 23.0 Å². The van der Waals surface area contributed by atoms with Crippen molar-refractivity contribution in [2.75, 3.05) is 5.32 Å². The van der Waals surface area contributed by atoms with Crippen molar-refractivity contribution < 1.29 is 4.92 Å². The molecule has 112 valence electrons. The van der Waals surface area contributed by atoms with Gasteiger partial charge in [-0.15, -0.1) is 0 Å². The van der Waals surface area contributed by atoms with E-state index in [1.54, 1.807) is 11.6 Å². The van der Waals surface area contributed by atoms with Crippen LogP contribution in [0.1, 0.15) is 51.6 Å². The molecule has 6 nitrogen and oxygen atoms in total. The summed E-state index contributed by atoms with van der Waals surface area (Å²) in [6.07, 6.45) is 5.87. The van der Waals surface area contributed by atoms with Gasteiger partial charge in [0.25, 0.3) is 0 Å². The van der Waals surface area contributed by atoms with Crippen LogP contribution in [0.2, 0.25) is 0 Å². The molecule has 20 heavy (non-hydrogen) atoms. The predicted octanol–water partition coefficient (Wildman–Crippen LogP) is 3.50. The Hall–Kier alpha value is -1.59. The van der Waals surface area contributed by atoms with Crippen LogP contribution in [0.5, 0.6) is 0 Å². The SMILES string of the molecule is CCCn1nc(C)c([N+](=O)[O-])c1NC(C)C1CCCC1. The van der Waals surface area contributed by atoms with Gasteiger partial charge in [0, 0.05) is 12.6 Å². The number of hydrogen-bond acceptors (Lipinski definition) is 4. The summed E-state index contributed by atoms with van der Waals surface area (Å²) in [5.41, 5.74) is 0.618. The average Bonchev–Trinajstić information content (AvgIpc) is 2.98. The van der Waals surface area contributed by atoms with Crippen molar-refractivity contribution in [3.05, 3.63) is 15.8 Å². The van der Waals surface area contributed by atoms with E-state index in [1.807, 2.05) is 6.92 Å². The molecule has 0 spiro atoms. The minimum Gasteiger partial charge on any atom is -0.362 e. The van der Waals surface area contributed by atoms with Crippen LogP contribution in [-0.4, -0.2) is 20.7 Å². The van der Waals surface area contributed by atoms with Gasteiger partial charge in [-0.1, -0.05) is 19.8 Å². The van der Waals surface area contributed by atoms with Crippen molar-refractivity contribution in [2.45, 2.75) is 65.5 Å². The number of aryl methyl sites for hydroxylation is 2. The summed E-state index contributed by atoms with van der Waals surface area (Å²) in [6.45, 7) is 6.58. The Bertz CT molecular complexity index is 478. The molecule has 1 aliphatic carbocycles. The van der Waals surface area contributed by atoms with E-state index in [2.05, 4.69) is 17.3 Å². The lowest BCUT2D eigenvalue weighted by Crippen LogP contribution is -2.26. The zero-order valence-electron chi connectivity index (χ0n) is 12.6. The third-order valence-electron chi connectivity index (χ3n) is 4.19. The Balaban J connectivity index is 2.25. The molecule has 0 aromatic carbocycles. The van der Waals surface area contributed by atoms with Crippen LogP contribution in [-0.2, 0) is 6.54 Å². The third-order valence-corrected chi connectivity index (χ3v) is 4.19. The minimum atomic E-state index is -0.321. The first-order chi connectivity index (χ1) is 9.54. The number of nitro groups is 1. The van der Waals surface area contributed by atoms with Crippen LogP contribution >= 0.6 is 0 Å². The Morgan fingerprint density at radius 3 is 2.70 bits per heavy atom. The Morgan fingerprint density at radius 1 is 1.50 bits per heavy atom. The highest BCUT2D eigenvalue weighted by atomic mass is 16.6. The molecule has 6 heteroatoms. The van der Waals surface area contributed by atoms with E-state index >= 15 is 0 Å². The molecule has 1 saturated carbocycles. The number of nitrogens with one attached hydrogen (secondary N) is 1. The van der Waals surface area contributed by atoms with Gasteiger partial charge in [0.1, 0.15) is 5.69 Å². The lowest BCUT2D eigenvalue weighted by molar-refractivity contribution is -0.384. The molecule has 1 N–H and O–H groups in total. The van der Waals surface area contributed by atoms with Crippen LogP contribution in [0.15, 0.2) is 0 Å². The second-order valence-corrected chi connectivity index (χ2v) is 5.74. The molecule has 0 amide bonds. The predicted molar refractivity (Wildman–Crippen MR) is 79.0 cm³/mol. The second-order valence-electron chi connectivity index (χ2n) is 5.74. The lowest BCUT2D eigenvalue weighted by atomic mass is 10.00. The summed E-state index contributed by atoms with van der Waals surface area (Å²) < 4.78 is 1.75. The van der Waals surface area contributed by atoms with Crippen molar-refractivity contribution in [1.82, 2.24) is 9.78 Å². The molecule has 0 saturated heterocycles. The first-order valence-electron chi connectivity index (χ1n) is 7.53. The highest BCUT2D eigenvalue weighted by molar-refractivity contribution is 5.60. The molecule has 1 aromatic heterocycles. The van der Waals surface area contributed by atoms with Gasteiger partial charge in [-0.25, -0.2) is 4.68 Å². The Kier molecular flexibility index (Phi) is 4.62. The lowest BCUT2D eigenvalue weighted by Gasteiger charge is -2.21. The van der Waals surface area contributed by atoms with Gasteiger partial charge < -0.3 is 5.32 Å². The molecule has 1 atom stereocenters. The average molecular weight is 280 g/mol. The number of hydrogen-bond donors (Lipinski definition) is 1. The fourth-order valence-electron chi connectivity index (χ4n) is 3.10. The van der Waals surface area contributed by atoms with Crippen LogP contribution in [0.4, 0.5) is 11.5 Å². The summed E-state index contributed by atoms with van der Waals surface area (Å²) >= 11 is 0. The molecule has 0 bridgehead atoms. The molecule has 1 fully saturated rings. The topological polar surface area (TPSA) is 73.0 Å². The van der Waals surface area contributed by atoms with Gasteiger partial charge in [-0.3, -0.25) is 10.1 Å². The summed E-state index contributed by atoms with van der Waals surface area (Å²) in [5.74, 6) is 1.19. The minimum absolute atomic E-state index is 0.128. The van der Waals surface area contributed by atoms with Crippen molar-refractivity contribution in [2.24, 2.45) is 5.92 Å². The number of aromatic nitrogens is 2. The van der Waals surface area contributed by atoms with Gasteiger partial charge in [0.2, 0.25) is 5.82 Å². The van der Waals surface area contributed by atoms with Gasteiger partial charge in [0.15, 0.2) is 0 Å². The second kappa shape index (κ2) is 6.24. The van der Waals surface area contributed by atoms with E-state index in [4.69, 9.17) is 0 Å². The molecule has 1 aliphatic rings. The van der Waals surface area contributed by atoms with Gasteiger partial charge in [-0.2, -0.15) is 5.10 Å². The highest BCUT2D eigenvalue weighted by Crippen LogP contribution is 2.33. The summed E-state index contributed by atoms with van der Waals surface area (Å²) in [5, 5.41) is 19.0. The number of rotatable bonds is 6. The van der Waals surface area contributed by atoms with Crippen molar-refractivity contribution in [3.8, 4) is 0 Å². The maximum Gasteiger partial charge on any atom is 0.333 e. The Labute approximate surface area is 119 Å². The highest BCUT2D eigenvalue weighted by Gasteiger charge is 2.29. The number of anilines is 1. The van der Waals surface area contributed by atoms with Crippen LogP contribution in [0.25, 0.3) is 0 Å². The quantitative estimate of drug-likeness (QED) is 0.639. The largest absolute Gasteiger partial charge is 0.362 e. The number of nitrogens with zero attached hydrogens (tertiary/aromatic N) is 3. The molecule has 2 rings (SSSR count). The van der Waals surface area contributed by atoms with Crippen LogP contribution < -0.4 is 5.32 Å². The summed E-state index contributed by atoms with van der Waals surface area (Å²) in [7, 11) is 0. The van der Waals surface area contributed by atoms with E-state index in [-0.39, 0.29) is 16.7 Å². The normalized spacial score (nSPS) is 17.4. The maximum absolute atomic E-state index is 11.3. The Morgan fingerprint density at radius 2 is 2.15 bits per heavy atom. The monoisotopic (exact) mass is 280 g/mol. The summed E-state index contributed by atoms with van der Waals surface area (Å²) in [4.78, 5) is 11.0. The van der Waals surface area contributed by atoms with Crippen molar-refractivity contribution in [3.63, 3.8) is 0 Å². The molecule has 1 unspecified atom stereocenters. The molecule has 1 aromatic rings. The smallest absolute Gasteiger partial charge is 0.333 e. The maximum atomic E-state index is 11.3. The zero-order chi connectivity index (χ0) is 14.7. The van der Waals surface area contributed by atoms with Crippen molar-refractivity contribution >= 4 is 11.5 Å². The first-order valence-corrected chi connectivity index (χ1v) is 7.53. The zero-order valence-corrected chi connectivity index (χ0v) is 12.6. The van der Waals surface area contributed by atoms with Crippen molar-refractivity contribution in [1.29, 1.82) is 0 Å². The molecule has 1 heterocycles. The fourth-order valence-corrected chi connectivity index (χ4v) is 3.10. The third kappa shape index (κ3) is 2.94. The first kappa shape index (κ1) is 14.8. The van der Waals surface area contributed by atoms with Gasteiger partial charge in [-0.05, 0) is 39.0 Å². The van der Waals surface area contributed by atoms with E-state index in [1.165, 1.54) is 25.7 Å². The van der Waals surface area contributed by atoms with E-state index in [0.29, 0.717) is 24.0 Å². The van der Waals surface area contributed by atoms with E-state index < -0.39 is 0 Å². The summed E-state index contributed by atoms with van der Waals surface area (Å²) in [6, 6.07) is 0.253. The van der Waals surface area contributed by atoms with E-state index in [9.17, 15) is 10.1 Å². The standard InChI is InChI=1S/C14H24N4O2/c1-4-9-17-14(13(18(19)20)11(3)16-17)15-10(2)12-7-5-6-8-12/h10,12,15H,4-9H2,1-3H3. The van der Waals surface area contributed by atoms with E-state index in [0.717, 1.165) is 6.42 Å². The fraction of sp³-hybridized carbons (Fsp3) is 0.786. The molecular weight excluding hydrogens is 256 g/mol. The molecular formula is C14H24N4O2. The molecule has 0 aliphatic heterocycles. The molecule has 0 radical (unpaired) electrons. The van der Waals surface area contributed by atoms with Gasteiger partial charge >= 0.3 is 5.69 Å². The van der Waals surface area contributed by atoms with Crippen LogP contribution in [0.3, 0.4) is 0 Å².